The molecule has 102 valence electrons. The molecule has 0 aliphatic rings. The van der Waals surface area contributed by atoms with Crippen LogP contribution in [-0.4, -0.2) is 34.5 Å². The topological polar surface area (TPSA) is 110 Å². The van der Waals surface area contributed by atoms with E-state index in [2.05, 4.69) is 8.91 Å². The zero-order valence-corrected chi connectivity index (χ0v) is 11.2. The number of aryl methyl sites for hydroxylation is 1. The maximum Gasteiger partial charge on any atom is 0.397 e. The molecule has 0 unspecified atom stereocenters. The molecule has 0 bridgehead atoms. The van der Waals surface area contributed by atoms with E-state index >= 15 is 0 Å². The summed E-state index contributed by atoms with van der Waals surface area (Å²) < 4.78 is 58.2. The van der Waals surface area contributed by atoms with Crippen LogP contribution in [0.3, 0.4) is 0 Å². The van der Waals surface area contributed by atoms with E-state index in [1.54, 1.807) is 12.1 Å². The van der Waals surface area contributed by atoms with Crippen molar-refractivity contribution in [1.82, 2.24) is 4.72 Å². The molecule has 9 heteroatoms. The van der Waals surface area contributed by atoms with E-state index in [1.165, 1.54) is 12.1 Å². The highest BCUT2D eigenvalue weighted by Crippen LogP contribution is 2.09. The van der Waals surface area contributed by atoms with Crippen LogP contribution in [0.4, 0.5) is 0 Å². The van der Waals surface area contributed by atoms with Gasteiger partial charge in [0.2, 0.25) is 10.0 Å². The summed E-state index contributed by atoms with van der Waals surface area (Å²) in [5, 5.41) is 0. The highest BCUT2D eigenvalue weighted by Gasteiger charge is 2.13. The largest absolute Gasteiger partial charge is 0.397 e. The molecule has 7 nitrogen and oxygen atoms in total. The third-order valence-corrected chi connectivity index (χ3v) is 3.90. The van der Waals surface area contributed by atoms with Gasteiger partial charge in [0, 0.05) is 6.54 Å². The first-order valence-corrected chi connectivity index (χ1v) is 7.74. The summed E-state index contributed by atoms with van der Waals surface area (Å²) in [7, 11) is -8.25. The number of rotatable bonds is 6. The van der Waals surface area contributed by atoms with Crippen molar-refractivity contribution >= 4 is 20.4 Å². The normalized spacial score (nSPS) is 12.6. The molecule has 2 N–H and O–H groups in total. The molecule has 1 aromatic carbocycles. The molecule has 18 heavy (non-hydrogen) atoms. The number of sulfonamides is 1. The molecule has 0 saturated heterocycles. The second-order valence-corrected chi connectivity index (χ2v) is 6.32. The minimum absolute atomic E-state index is 0.0694. The van der Waals surface area contributed by atoms with E-state index in [1.807, 2.05) is 6.92 Å². The molecule has 0 aliphatic carbocycles. The highest BCUT2D eigenvalue weighted by atomic mass is 32.3. The molecular weight excluding hydrogens is 282 g/mol. The van der Waals surface area contributed by atoms with Crippen LogP contribution in [0, 0.1) is 6.92 Å². The van der Waals surface area contributed by atoms with E-state index in [-0.39, 0.29) is 11.4 Å². The van der Waals surface area contributed by atoms with Crippen molar-refractivity contribution in [2.45, 2.75) is 11.8 Å². The molecule has 0 heterocycles. The fourth-order valence-electron chi connectivity index (χ4n) is 1.12. The summed E-state index contributed by atoms with van der Waals surface area (Å²) in [5.74, 6) is 0. The van der Waals surface area contributed by atoms with Gasteiger partial charge in [0.1, 0.15) is 0 Å². The minimum Gasteiger partial charge on any atom is -0.264 e. The predicted molar refractivity (Wildman–Crippen MR) is 63.9 cm³/mol. The summed E-state index contributed by atoms with van der Waals surface area (Å²) in [6.07, 6.45) is 0. The van der Waals surface area contributed by atoms with Gasteiger partial charge in [-0.3, -0.25) is 4.55 Å². The molecule has 0 spiro atoms. The van der Waals surface area contributed by atoms with Gasteiger partial charge in [0.05, 0.1) is 11.5 Å². The first-order valence-electron chi connectivity index (χ1n) is 4.89. The average Bonchev–Trinajstić information content (AvgIpc) is 2.24. The molecule has 0 saturated carbocycles. The second kappa shape index (κ2) is 5.76. The Bertz CT molecular complexity index is 590. The van der Waals surface area contributed by atoms with Crippen LogP contribution < -0.4 is 4.72 Å². The van der Waals surface area contributed by atoms with E-state index in [4.69, 9.17) is 4.55 Å². The number of nitrogens with one attached hydrogen (secondary N) is 1. The zero-order chi connectivity index (χ0) is 13.8. The summed E-state index contributed by atoms with van der Waals surface area (Å²) >= 11 is 0. The Morgan fingerprint density at radius 2 is 1.72 bits per heavy atom. The Morgan fingerprint density at radius 1 is 1.17 bits per heavy atom. The first kappa shape index (κ1) is 15.1. The predicted octanol–water partition coefficient (Wildman–Crippen LogP) is 0.0927. The quantitative estimate of drug-likeness (QED) is 0.568. The molecule has 0 aliphatic heterocycles. The van der Waals surface area contributed by atoms with Gasteiger partial charge in [0.25, 0.3) is 0 Å². The van der Waals surface area contributed by atoms with Gasteiger partial charge in [-0.1, -0.05) is 17.7 Å². The fourth-order valence-corrected chi connectivity index (χ4v) is 2.43. The van der Waals surface area contributed by atoms with E-state index in [9.17, 15) is 16.8 Å². The molecule has 0 amide bonds. The van der Waals surface area contributed by atoms with Gasteiger partial charge in [-0.15, -0.1) is 0 Å². The molecule has 0 atom stereocenters. The highest BCUT2D eigenvalue weighted by molar-refractivity contribution is 7.89. The number of hydrogen-bond acceptors (Lipinski definition) is 5. The Morgan fingerprint density at radius 3 is 2.22 bits per heavy atom. The van der Waals surface area contributed by atoms with Crippen LogP contribution in [0.15, 0.2) is 29.2 Å². The monoisotopic (exact) mass is 295 g/mol. The van der Waals surface area contributed by atoms with Crippen LogP contribution >= 0.6 is 0 Å². The first-order chi connectivity index (χ1) is 8.21. The summed E-state index contributed by atoms with van der Waals surface area (Å²) in [5.41, 5.74) is 0.920. The Kier molecular flexibility index (Phi) is 4.82. The van der Waals surface area contributed by atoms with Crippen molar-refractivity contribution in [3.05, 3.63) is 29.8 Å². The zero-order valence-electron chi connectivity index (χ0n) is 9.53. The van der Waals surface area contributed by atoms with Crippen molar-refractivity contribution in [3.8, 4) is 0 Å². The van der Waals surface area contributed by atoms with Crippen LogP contribution in [-0.2, 0) is 24.6 Å². The average molecular weight is 295 g/mol. The van der Waals surface area contributed by atoms with E-state index < -0.39 is 27.0 Å². The molecule has 1 rings (SSSR count). The van der Waals surface area contributed by atoms with Crippen LogP contribution in [0.5, 0.6) is 0 Å². The van der Waals surface area contributed by atoms with Crippen molar-refractivity contribution in [2.24, 2.45) is 0 Å². The fraction of sp³-hybridized carbons (Fsp3) is 0.333. The maximum absolute atomic E-state index is 11.7. The van der Waals surface area contributed by atoms with Gasteiger partial charge in [0.15, 0.2) is 0 Å². The minimum atomic E-state index is -4.55. The standard InChI is InChI=1S/C9H13NO6S2/c1-8-2-4-9(5-3-8)17(11,12)10-6-7-16-18(13,14)15/h2-5,10H,6-7H2,1H3,(H,13,14,15). The number of benzene rings is 1. The molecule has 0 radical (unpaired) electrons. The van der Waals surface area contributed by atoms with Crippen LogP contribution in [0.2, 0.25) is 0 Å². The van der Waals surface area contributed by atoms with Gasteiger partial charge in [-0.2, -0.15) is 8.42 Å². The van der Waals surface area contributed by atoms with Crippen molar-refractivity contribution < 1.29 is 25.6 Å². The summed E-state index contributed by atoms with van der Waals surface area (Å²) in [6.45, 7) is 1.07. The lowest BCUT2D eigenvalue weighted by Crippen LogP contribution is -2.28. The molecule has 1 aromatic rings. The van der Waals surface area contributed by atoms with Crippen molar-refractivity contribution in [2.75, 3.05) is 13.2 Å². The lowest BCUT2D eigenvalue weighted by Gasteiger charge is -2.06. The van der Waals surface area contributed by atoms with Gasteiger partial charge >= 0.3 is 10.4 Å². The van der Waals surface area contributed by atoms with Crippen LogP contribution in [0.25, 0.3) is 0 Å². The Balaban J connectivity index is 2.58. The van der Waals surface area contributed by atoms with Gasteiger partial charge in [-0.05, 0) is 19.1 Å². The van der Waals surface area contributed by atoms with Gasteiger partial charge < -0.3 is 0 Å². The third-order valence-electron chi connectivity index (χ3n) is 1.96. The Hall–Kier alpha value is -1.00. The second-order valence-electron chi connectivity index (χ2n) is 3.46. The molecular formula is C9H13NO6S2. The SMILES string of the molecule is Cc1ccc(S(=O)(=O)NCCOS(=O)(=O)O)cc1. The van der Waals surface area contributed by atoms with E-state index in [0.29, 0.717) is 0 Å². The van der Waals surface area contributed by atoms with Crippen molar-refractivity contribution in [3.63, 3.8) is 0 Å². The number of hydrogen-bond donors (Lipinski definition) is 2. The molecule has 0 fully saturated rings. The Labute approximate surface area is 106 Å². The summed E-state index contributed by atoms with van der Waals surface area (Å²) in [4.78, 5) is 0.0694. The smallest absolute Gasteiger partial charge is 0.264 e. The van der Waals surface area contributed by atoms with Crippen molar-refractivity contribution in [1.29, 1.82) is 0 Å². The maximum atomic E-state index is 11.7. The molecule has 0 aromatic heterocycles. The third kappa shape index (κ3) is 5.10. The van der Waals surface area contributed by atoms with Gasteiger partial charge in [-0.25, -0.2) is 17.3 Å². The lowest BCUT2D eigenvalue weighted by atomic mass is 10.2. The lowest BCUT2D eigenvalue weighted by molar-refractivity contribution is 0.272. The summed E-state index contributed by atoms with van der Waals surface area (Å²) in [6, 6.07) is 6.15. The van der Waals surface area contributed by atoms with E-state index in [0.717, 1.165) is 5.56 Å². The van der Waals surface area contributed by atoms with Crippen LogP contribution in [0.1, 0.15) is 5.56 Å².